The third-order valence-electron chi connectivity index (χ3n) is 1.94. The minimum atomic E-state index is -2.66. The van der Waals surface area contributed by atoms with Crippen LogP contribution in [0.5, 0.6) is 0 Å². The number of aliphatic imine (C=N–C) groups is 1. The molecule has 0 heterocycles. The lowest BCUT2D eigenvalue weighted by atomic mass is 10.3. The van der Waals surface area contributed by atoms with Gasteiger partial charge in [-0.1, -0.05) is 18.7 Å². The third-order valence-corrected chi connectivity index (χ3v) is 1.94. The van der Waals surface area contributed by atoms with Gasteiger partial charge in [0, 0.05) is 24.6 Å². The molecule has 1 amide bonds. The number of rotatable bonds is 7. The van der Waals surface area contributed by atoms with Crippen LogP contribution in [-0.2, 0) is 14.3 Å². The number of nitrogens with one attached hydrogen (secondary N) is 1. The summed E-state index contributed by atoms with van der Waals surface area (Å²) in [5.41, 5.74) is 0. The molecule has 0 atom stereocenters. The van der Waals surface area contributed by atoms with E-state index in [-0.39, 0.29) is 19.0 Å². The molecular weight excluding hydrogens is 246 g/mol. The Morgan fingerprint density at radius 3 is 2.74 bits per heavy atom. The van der Waals surface area contributed by atoms with E-state index in [4.69, 9.17) is 8.85 Å². The average molecular weight is 270 g/mol. The number of carbonyl (C=O) groups excluding carboxylic acids is 2. The van der Waals surface area contributed by atoms with Gasteiger partial charge in [0.1, 0.15) is 13.2 Å². The van der Waals surface area contributed by atoms with Crippen LogP contribution in [0.2, 0.25) is 0 Å². The second-order valence-corrected chi connectivity index (χ2v) is 3.48. The van der Waals surface area contributed by atoms with Crippen LogP contribution in [0.25, 0.3) is 0 Å². The van der Waals surface area contributed by atoms with Crippen molar-refractivity contribution in [3.8, 4) is 0 Å². The molecule has 0 aromatic rings. The first-order chi connectivity index (χ1) is 10.3. The number of nitrogens with zero attached hydrogens (tertiary/aromatic N) is 2. The lowest BCUT2D eigenvalue weighted by Crippen LogP contribution is -2.44. The van der Waals surface area contributed by atoms with E-state index >= 15 is 0 Å². The number of hydrogen-bond donors (Lipinski definition) is 1. The number of amides is 1. The molecule has 0 spiro atoms. The lowest BCUT2D eigenvalue weighted by Gasteiger charge is -2.20. The molecule has 0 aromatic heterocycles. The van der Waals surface area contributed by atoms with Crippen molar-refractivity contribution in [3.05, 3.63) is 25.3 Å². The van der Waals surface area contributed by atoms with Gasteiger partial charge in [-0.05, 0) is 6.42 Å². The first-order valence-electron chi connectivity index (χ1n) is 7.18. The zero-order valence-electron chi connectivity index (χ0n) is 14.0. The van der Waals surface area contributed by atoms with Crippen molar-refractivity contribution in [2.24, 2.45) is 4.99 Å². The van der Waals surface area contributed by atoms with Crippen molar-refractivity contribution in [1.82, 2.24) is 10.2 Å². The smallest absolute Gasteiger partial charge is 0.325 e. The highest BCUT2D eigenvalue weighted by molar-refractivity contribution is 5.97. The predicted octanol–water partition coefficient (Wildman–Crippen LogP) is 0.716. The van der Waals surface area contributed by atoms with Crippen molar-refractivity contribution in [1.29, 1.82) is 0 Å². The molecule has 0 fully saturated rings. The topological polar surface area (TPSA) is 71.0 Å². The van der Waals surface area contributed by atoms with E-state index in [2.05, 4.69) is 23.5 Å². The summed E-state index contributed by atoms with van der Waals surface area (Å²) in [7, 11) is 1.32. The van der Waals surface area contributed by atoms with Gasteiger partial charge in [0.15, 0.2) is 0 Å². The summed E-state index contributed by atoms with van der Waals surface area (Å²) in [6.07, 6.45) is 3.51. The maximum atomic E-state index is 11.7. The highest BCUT2D eigenvalue weighted by Gasteiger charge is 2.13. The van der Waals surface area contributed by atoms with Crippen LogP contribution < -0.4 is 5.32 Å². The molecular formula is C13H21N3O3. The molecule has 0 aliphatic heterocycles. The molecule has 0 saturated heterocycles. The van der Waals surface area contributed by atoms with Gasteiger partial charge in [-0.3, -0.25) is 19.9 Å². The molecule has 0 bridgehead atoms. The Morgan fingerprint density at radius 2 is 2.21 bits per heavy atom. The maximum Gasteiger partial charge on any atom is 0.325 e. The van der Waals surface area contributed by atoms with Crippen LogP contribution in [0.1, 0.15) is 17.0 Å². The Labute approximate surface area is 118 Å². The fourth-order valence-electron chi connectivity index (χ4n) is 1.07. The number of carbonyl (C=O) groups is 2. The normalized spacial score (nSPS) is 13.5. The second-order valence-electron chi connectivity index (χ2n) is 3.48. The van der Waals surface area contributed by atoms with Gasteiger partial charge in [-0.2, -0.15) is 0 Å². The van der Waals surface area contributed by atoms with Crippen molar-refractivity contribution < 1.29 is 18.4 Å². The molecule has 0 saturated carbocycles. The van der Waals surface area contributed by atoms with Gasteiger partial charge in [0.25, 0.3) is 0 Å². The summed E-state index contributed by atoms with van der Waals surface area (Å²) >= 11 is 0. The summed E-state index contributed by atoms with van der Waals surface area (Å²) in [5.74, 6) is -1.41. The summed E-state index contributed by atoms with van der Waals surface area (Å²) in [6, 6.07) is 0. The first-order valence-corrected chi connectivity index (χ1v) is 5.68. The molecule has 19 heavy (non-hydrogen) atoms. The zero-order chi connectivity index (χ0) is 17.2. The minimum Gasteiger partial charge on any atom is -0.460 e. The fraction of sp³-hybridized carbons (Fsp3) is 0.462. The van der Waals surface area contributed by atoms with Crippen LogP contribution in [0.15, 0.2) is 30.3 Å². The van der Waals surface area contributed by atoms with Crippen LogP contribution in [0.3, 0.4) is 0 Å². The van der Waals surface area contributed by atoms with E-state index in [9.17, 15) is 9.59 Å². The zero-order valence-corrected chi connectivity index (χ0v) is 11.0. The molecule has 0 aliphatic carbocycles. The lowest BCUT2D eigenvalue weighted by molar-refractivity contribution is -0.142. The average Bonchev–Trinajstić information content (AvgIpc) is 2.45. The first kappa shape index (κ1) is 12.0. The number of hydrogen-bond acceptors (Lipinski definition) is 4. The minimum absolute atomic E-state index is 0.0298. The number of likely N-dealkylation sites (N-methyl/N-ethyl adjacent to an activating group) is 1. The highest BCUT2D eigenvalue weighted by Crippen LogP contribution is 1.92. The summed E-state index contributed by atoms with van der Waals surface area (Å²) < 4.78 is 27.1. The quantitative estimate of drug-likeness (QED) is 0.320. The van der Waals surface area contributed by atoms with E-state index in [1.54, 1.807) is 6.08 Å². The maximum absolute atomic E-state index is 11.7. The molecule has 0 radical (unpaired) electrons. The van der Waals surface area contributed by atoms with E-state index in [1.165, 1.54) is 13.1 Å². The van der Waals surface area contributed by atoms with Gasteiger partial charge >= 0.3 is 5.97 Å². The van der Waals surface area contributed by atoms with Crippen LogP contribution in [0, 0.1) is 0 Å². The van der Waals surface area contributed by atoms with Crippen molar-refractivity contribution >= 4 is 17.8 Å². The molecule has 1 N–H and O–H groups in total. The van der Waals surface area contributed by atoms with Crippen LogP contribution >= 0.6 is 0 Å². The molecule has 6 heteroatoms. The number of esters is 1. The fourth-order valence-corrected chi connectivity index (χ4v) is 1.07. The van der Waals surface area contributed by atoms with Crippen LogP contribution in [0.4, 0.5) is 0 Å². The Bertz CT molecular complexity index is 448. The Kier molecular flexibility index (Phi) is 6.21. The predicted molar refractivity (Wildman–Crippen MR) is 74.7 cm³/mol. The monoisotopic (exact) mass is 270 g/mol. The van der Waals surface area contributed by atoms with Crippen molar-refractivity contribution in [2.75, 3.05) is 27.2 Å². The Morgan fingerprint density at radius 1 is 1.47 bits per heavy atom. The Hall–Kier alpha value is -2.11. The van der Waals surface area contributed by atoms with E-state index in [0.717, 1.165) is 0 Å². The molecule has 0 unspecified atom stereocenters. The molecule has 0 aliphatic rings. The van der Waals surface area contributed by atoms with Gasteiger partial charge in [-0.25, -0.2) is 0 Å². The number of allylic oxidation sites excluding steroid dienone is 1. The van der Waals surface area contributed by atoms with E-state index in [1.807, 2.05) is 0 Å². The number of guanidine groups is 1. The molecule has 106 valence electrons. The van der Waals surface area contributed by atoms with Crippen molar-refractivity contribution in [3.63, 3.8) is 0 Å². The summed E-state index contributed by atoms with van der Waals surface area (Å²) in [5, 5.41) is 2.37. The summed E-state index contributed by atoms with van der Waals surface area (Å²) in [6.45, 7) is 3.62. The molecule has 6 nitrogen and oxygen atoms in total. The summed E-state index contributed by atoms with van der Waals surface area (Å²) in [4.78, 5) is 27.7. The van der Waals surface area contributed by atoms with Gasteiger partial charge in [-0.15, -0.1) is 6.58 Å². The molecule has 0 rings (SSSR count). The number of ether oxygens (including phenoxy) is 1. The third kappa shape index (κ3) is 7.75. The van der Waals surface area contributed by atoms with Gasteiger partial charge in [0.05, 0.1) is 0 Å². The largest absolute Gasteiger partial charge is 0.460 e. The van der Waals surface area contributed by atoms with Gasteiger partial charge in [0.2, 0.25) is 11.9 Å². The van der Waals surface area contributed by atoms with Gasteiger partial charge < -0.3 is 9.64 Å². The van der Waals surface area contributed by atoms with Crippen LogP contribution in [-0.4, -0.2) is 49.9 Å². The highest BCUT2D eigenvalue weighted by atomic mass is 16.5. The Balaban J connectivity index is 4.98. The van der Waals surface area contributed by atoms with Crippen molar-refractivity contribution in [2.45, 2.75) is 12.8 Å². The molecule has 0 aromatic carbocycles. The van der Waals surface area contributed by atoms with E-state index < -0.39 is 25.4 Å². The standard InChI is InChI=1S/C13H21N3O3/c1-5-7-8-11(17)15-13(14-3)16(4)10-12(18)19-9-6-2/h5-6H,1-2,7-10H2,3-4H3,(H,14,15,17)/i4D3. The SMILES string of the molecule is [2H]C([2H])([2H])N(CC(=O)OCC=C)C(=NC)NC(=O)CCC=C. The second kappa shape index (κ2) is 9.87. The van der Waals surface area contributed by atoms with E-state index in [0.29, 0.717) is 11.3 Å².